The number of benzene rings is 2. The molecule has 2 aromatic heterocycles. The van der Waals surface area contributed by atoms with Gasteiger partial charge < -0.3 is 20.7 Å². The molecule has 0 aliphatic heterocycles. The summed E-state index contributed by atoms with van der Waals surface area (Å²) in [7, 11) is 1.42. The highest BCUT2D eigenvalue weighted by atomic mass is 19.4. The second-order valence-electron chi connectivity index (χ2n) is 7.45. The van der Waals surface area contributed by atoms with E-state index in [0.717, 1.165) is 23.4 Å². The summed E-state index contributed by atoms with van der Waals surface area (Å²) in [6.07, 6.45) is -1.20. The van der Waals surface area contributed by atoms with Crippen LogP contribution in [0.3, 0.4) is 0 Å². The van der Waals surface area contributed by atoms with Gasteiger partial charge in [-0.05, 0) is 42.5 Å². The van der Waals surface area contributed by atoms with Gasteiger partial charge in [0.05, 0.1) is 17.3 Å². The number of carbonyl (C=O) groups excluding carboxylic acids is 2. The Hall–Kier alpha value is -5.14. The third-order valence-corrected chi connectivity index (χ3v) is 4.94. The number of rotatable bonds is 6. The molecule has 37 heavy (non-hydrogen) atoms. The zero-order valence-electron chi connectivity index (χ0n) is 19.0. The molecule has 0 aliphatic rings. The predicted octanol–water partition coefficient (Wildman–Crippen LogP) is 3.61. The summed E-state index contributed by atoms with van der Waals surface area (Å²) in [4.78, 5) is 27.8. The number of amides is 3. The largest absolute Gasteiger partial charge is 0.457 e. The van der Waals surface area contributed by atoms with Crippen LogP contribution in [0.4, 0.5) is 29.3 Å². The summed E-state index contributed by atoms with van der Waals surface area (Å²) >= 11 is 0. The fourth-order valence-electron chi connectivity index (χ4n) is 3.24. The lowest BCUT2D eigenvalue weighted by Crippen LogP contribution is -2.40. The number of carbonyl (C=O) groups is 2. The smallest absolute Gasteiger partial charge is 0.418 e. The summed E-state index contributed by atoms with van der Waals surface area (Å²) in [6.45, 7) is 0. The van der Waals surface area contributed by atoms with Crippen LogP contribution >= 0.6 is 0 Å². The highest BCUT2D eigenvalue weighted by molar-refractivity contribution is 5.99. The number of urea groups is 1. The second-order valence-corrected chi connectivity index (χ2v) is 7.45. The molecule has 4 rings (SSSR count). The van der Waals surface area contributed by atoms with Crippen LogP contribution in [0.25, 0.3) is 5.69 Å². The fraction of sp³-hybridized carbons (Fsp3) is 0.0870. The van der Waals surface area contributed by atoms with Gasteiger partial charge in [0.15, 0.2) is 0 Å². The Morgan fingerprint density at radius 3 is 2.35 bits per heavy atom. The van der Waals surface area contributed by atoms with E-state index in [4.69, 9.17) is 4.74 Å². The van der Waals surface area contributed by atoms with Gasteiger partial charge in [-0.2, -0.15) is 18.3 Å². The lowest BCUT2D eigenvalue weighted by atomic mass is 10.1. The third-order valence-electron chi connectivity index (χ3n) is 4.94. The summed E-state index contributed by atoms with van der Waals surface area (Å²) < 4.78 is 48.0. The van der Waals surface area contributed by atoms with E-state index in [1.807, 2.05) is 0 Å². The maximum atomic E-state index is 13.6. The van der Waals surface area contributed by atoms with Crippen molar-refractivity contribution >= 4 is 23.3 Å². The topological polar surface area (TPSA) is 134 Å². The van der Waals surface area contributed by atoms with Gasteiger partial charge in [-0.1, -0.05) is 0 Å². The third kappa shape index (κ3) is 5.93. The number of nitrogens with zero attached hydrogens (tertiary/aromatic N) is 4. The first kappa shape index (κ1) is 25.0. The minimum atomic E-state index is -4.69. The maximum Gasteiger partial charge on any atom is 0.418 e. The van der Waals surface area contributed by atoms with E-state index in [2.05, 4.69) is 26.0 Å². The molecule has 3 amide bonds. The average molecular weight is 514 g/mol. The Kier molecular flexibility index (Phi) is 6.90. The summed E-state index contributed by atoms with van der Waals surface area (Å²) in [5.41, 5.74) is -1.01. The monoisotopic (exact) mass is 514 g/mol. The highest BCUT2D eigenvalue weighted by Gasteiger charge is 2.34. The Balaban J connectivity index is 1.42. The quantitative estimate of drug-likeness (QED) is 0.230. The molecule has 0 saturated carbocycles. The molecular formula is C23H19F3N7O4+. The summed E-state index contributed by atoms with van der Waals surface area (Å²) in [5, 5.41) is 20.7. The number of hydrogen-bond donors (Lipinski definition) is 4. The molecule has 0 spiro atoms. The van der Waals surface area contributed by atoms with Crippen LogP contribution in [0, 0.1) is 0 Å². The van der Waals surface area contributed by atoms with Crippen LogP contribution < -0.4 is 25.4 Å². The number of halogens is 3. The Morgan fingerprint density at radius 2 is 1.70 bits per heavy atom. The molecule has 0 fully saturated rings. The van der Waals surface area contributed by atoms with Crippen molar-refractivity contribution in [2.24, 2.45) is 0 Å². The Morgan fingerprint density at radius 1 is 1.00 bits per heavy atom. The molecule has 4 aromatic rings. The molecule has 190 valence electrons. The Labute approximate surface area is 207 Å². The lowest BCUT2D eigenvalue weighted by Gasteiger charge is -2.15. The van der Waals surface area contributed by atoms with Crippen molar-refractivity contribution in [1.82, 2.24) is 20.1 Å². The SMILES string of the molecule is CNC(=O)c1cc(Oc2ccc(NC(=O)Nc3ccc(-n4cncn4)c(C(F)(F)F)c3)cc2)cc[n+]1O. The molecule has 4 N–H and O–H groups in total. The molecule has 2 aromatic carbocycles. The van der Waals surface area contributed by atoms with Crippen LogP contribution in [0.2, 0.25) is 0 Å². The zero-order valence-corrected chi connectivity index (χ0v) is 19.0. The van der Waals surface area contributed by atoms with E-state index in [1.165, 1.54) is 61.8 Å². The van der Waals surface area contributed by atoms with Gasteiger partial charge in [-0.3, -0.25) is 10.0 Å². The van der Waals surface area contributed by atoms with Crippen molar-refractivity contribution in [3.8, 4) is 17.2 Å². The molecule has 0 atom stereocenters. The van der Waals surface area contributed by atoms with Crippen molar-refractivity contribution in [3.05, 3.63) is 84.7 Å². The van der Waals surface area contributed by atoms with Gasteiger partial charge in [-0.15, -0.1) is 0 Å². The lowest BCUT2D eigenvalue weighted by molar-refractivity contribution is -0.905. The van der Waals surface area contributed by atoms with Gasteiger partial charge in [0.1, 0.15) is 24.2 Å². The fourth-order valence-corrected chi connectivity index (χ4v) is 3.24. The van der Waals surface area contributed by atoms with E-state index < -0.39 is 23.7 Å². The minimum Gasteiger partial charge on any atom is -0.457 e. The first-order chi connectivity index (χ1) is 17.6. The van der Waals surface area contributed by atoms with Gasteiger partial charge in [-0.25, -0.2) is 14.5 Å². The first-order valence-corrected chi connectivity index (χ1v) is 10.5. The van der Waals surface area contributed by atoms with E-state index in [0.29, 0.717) is 16.2 Å². The average Bonchev–Trinajstić information content (AvgIpc) is 3.40. The van der Waals surface area contributed by atoms with Crippen LogP contribution in [0.5, 0.6) is 11.5 Å². The number of aromatic nitrogens is 4. The molecule has 11 nitrogen and oxygen atoms in total. The van der Waals surface area contributed by atoms with E-state index in [1.54, 1.807) is 0 Å². The van der Waals surface area contributed by atoms with Gasteiger partial charge in [0, 0.05) is 29.2 Å². The standard InChI is InChI=1S/C23H18F3N7O4/c1-27-21(34)20-11-17(8-9-33(20)36)37-16-5-2-14(3-6-16)30-22(35)31-15-4-7-19(32-13-28-12-29-32)18(10-15)23(24,25)26/h2-13H,1H3,(H3-,27,30,31,34,35,36)/p+1. The number of hydrogen-bond acceptors (Lipinski definition) is 6. The molecule has 14 heteroatoms. The Bertz CT molecular complexity index is 1430. The number of ether oxygens (including phenoxy) is 1. The van der Waals surface area contributed by atoms with Crippen LogP contribution in [0.1, 0.15) is 16.1 Å². The van der Waals surface area contributed by atoms with Crippen molar-refractivity contribution in [3.63, 3.8) is 0 Å². The van der Waals surface area contributed by atoms with Crippen molar-refractivity contribution in [1.29, 1.82) is 0 Å². The number of anilines is 2. The van der Waals surface area contributed by atoms with Gasteiger partial charge >= 0.3 is 23.8 Å². The van der Waals surface area contributed by atoms with Crippen molar-refractivity contribution < 1.29 is 37.4 Å². The van der Waals surface area contributed by atoms with Crippen LogP contribution in [-0.4, -0.2) is 39.0 Å². The van der Waals surface area contributed by atoms with Crippen molar-refractivity contribution in [2.45, 2.75) is 6.18 Å². The highest BCUT2D eigenvalue weighted by Crippen LogP contribution is 2.35. The molecule has 2 heterocycles. The van der Waals surface area contributed by atoms with Crippen LogP contribution in [0.15, 0.2) is 73.4 Å². The van der Waals surface area contributed by atoms with Gasteiger partial charge in [0.2, 0.25) is 6.20 Å². The summed E-state index contributed by atoms with van der Waals surface area (Å²) in [6, 6.07) is 11.4. The van der Waals surface area contributed by atoms with E-state index in [9.17, 15) is 28.0 Å². The predicted molar refractivity (Wildman–Crippen MR) is 123 cm³/mol. The zero-order chi connectivity index (χ0) is 26.6. The molecule has 0 radical (unpaired) electrons. The van der Waals surface area contributed by atoms with E-state index in [-0.39, 0.29) is 22.8 Å². The van der Waals surface area contributed by atoms with Crippen molar-refractivity contribution in [2.75, 3.05) is 17.7 Å². The minimum absolute atomic E-state index is 0.0436. The number of pyridine rings is 1. The molecule has 0 unspecified atom stereocenters. The number of nitrogens with one attached hydrogen (secondary N) is 3. The molecule has 0 aliphatic carbocycles. The van der Waals surface area contributed by atoms with Crippen LogP contribution in [-0.2, 0) is 6.18 Å². The van der Waals surface area contributed by atoms with Gasteiger partial charge in [0.25, 0.3) is 0 Å². The molecular weight excluding hydrogens is 495 g/mol. The van der Waals surface area contributed by atoms with E-state index >= 15 is 0 Å². The molecule has 0 saturated heterocycles. The second kappa shape index (κ2) is 10.2. The number of alkyl halides is 3. The summed E-state index contributed by atoms with van der Waals surface area (Å²) in [5.74, 6) is 0.120. The maximum absolute atomic E-state index is 13.6. The normalized spacial score (nSPS) is 11.0. The first-order valence-electron chi connectivity index (χ1n) is 10.5. The molecule has 0 bridgehead atoms.